The number of hydrogen-bond acceptors (Lipinski definition) is 2. The van der Waals surface area contributed by atoms with E-state index >= 15 is 0 Å². The third kappa shape index (κ3) is 4.59. The van der Waals surface area contributed by atoms with Gasteiger partial charge in [-0.15, -0.1) is 0 Å². The number of urea groups is 1. The second-order valence-corrected chi connectivity index (χ2v) is 5.61. The number of nitrogens with one attached hydrogen (secondary N) is 2. The van der Waals surface area contributed by atoms with E-state index in [1.165, 1.54) is 19.1 Å². The Balaban J connectivity index is 2.73. The molecule has 1 rings (SSSR count). The molecule has 20 heavy (non-hydrogen) atoms. The highest BCUT2D eigenvalue weighted by molar-refractivity contribution is 9.10. The Hall–Kier alpha value is -1.43. The normalized spacial score (nSPS) is 13.4. The van der Waals surface area contributed by atoms with Crippen molar-refractivity contribution in [3.05, 3.63) is 28.5 Å². The van der Waals surface area contributed by atoms with Crippen LogP contribution in [0.4, 0.5) is 14.9 Å². The number of hydrogen-bond donors (Lipinski definition) is 2. The minimum Gasteiger partial charge on any atom is -0.328 e. The standard InChI is InChI=1S/C14H18BrFN2O2/c1-4-8(2)13(9(3)19)18-14(20)17-12-6-5-10(15)7-11(12)16/h5-8,13H,4H2,1-3H3,(H2,17,18,20)/t8-,13-/m0/s1. The molecule has 0 saturated carbocycles. The highest BCUT2D eigenvalue weighted by Crippen LogP contribution is 2.19. The number of Topliss-reactive ketones (excluding diaryl/α,β-unsaturated/α-hetero) is 1. The summed E-state index contributed by atoms with van der Waals surface area (Å²) in [5.74, 6) is -0.642. The molecular weight excluding hydrogens is 327 g/mol. The van der Waals surface area contributed by atoms with E-state index in [9.17, 15) is 14.0 Å². The Kier molecular flexibility index (Phi) is 6.13. The topological polar surface area (TPSA) is 58.2 Å². The van der Waals surface area contributed by atoms with Crippen LogP contribution in [0, 0.1) is 11.7 Å². The average Bonchev–Trinajstić information content (AvgIpc) is 2.38. The van der Waals surface area contributed by atoms with Crippen LogP contribution in [0.1, 0.15) is 27.2 Å². The Bertz CT molecular complexity index is 508. The fraction of sp³-hybridized carbons (Fsp3) is 0.429. The third-order valence-electron chi connectivity index (χ3n) is 3.12. The smallest absolute Gasteiger partial charge is 0.319 e. The van der Waals surface area contributed by atoms with Crippen molar-refractivity contribution in [3.63, 3.8) is 0 Å². The van der Waals surface area contributed by atoms with E-state index in [-0.39, 0.29) is 17.4 Å². The van der Waals surface area contributed by atoms with Gasteiger partial charge in [-0.2, -0.15) is 0 Å². The first-order valence-corrected chi connectivity index (χ1v) is 7.17. The number of benzene rings is 1. The summed E-state index contributed by atoms with van der Waals surface area (Å²) in [6.45, 7) is 5.25. The van der Waals surface area contributed by atoms with Crippen LogP contribution in [-0.4, -0.2) is 17.9 Å². The lowest BCUT2D eigenvalue weighted by Gasteiger charge is -2.21. The van der Waals surface area contributed by atoms with Crippen molar-refractivity contribution in [1.29, 1.82) is 0 Å². The molecule has 2 amide bonds. The molecule has 0 aromatic heterocycles. The van der Waals surface area contributed by atoms with Crippen molar-refractivity contribution in [1.82, 2.24) is 5.32 Å². The molecule has 0 fully saturated rings. The molecule has 0 radical (unpaired) electrons. The van der Waals surface area contributed by atoms with Crippen molar-refractivity contribution >= 4 is 33.4 Å². The number of ketones is 1. The van der Waals surface area contributed by atoms with E-state index in [0.717, 1.165) is 6.42 Å². The van der Waals surface area contributed by atoms with Crippen LogP contribution in [-0.2, 0) is 4.79 Å². The van der Waals surface area contributed by atoms with Gasteiger partial charge in [-0.05, 0) is 31.0 Å². The summed E-state index contributed by atoms with van der Waals surface area (Å²) in [6.07, 6.45) is 0.761. The van der Waals surface area contributed by atoms with E-state index in [2.05, 4.69) is 26.6 Å². The monoisotopic (exact) mass is 344 g/mol. The number of carbonyl (C=O) groups is 2. The molecule has 0 aliphatic heterocycles. The highest BCUT2D eigenvalue weighted by atomic mass is 79.9. The lowest BCUT2D eigenvalue weighted by molar-refractivity contribution is -0.119. The predicted molar refractivity (Wildman–Crippen MR) is 80.2 cm³/mol. The molecule has 0 unspecified atom stereocenters. The summed E-state index contributed by atoms with van der Waals surface area (Å²) >= 11 is 3.14. The summed E-state index contributed by atoms with van der Waals surface area (Å²) in [6, 6.07) is 3.17. The van der Waals surface area contributed by atoms with Crippen LogP contribution < -0.4 is 10.6 Å². The first-order valence-electron chi connectivity index (χ1n) is 6.38. The van der Waals surface area contributed by atoms with Crippen molar-refractivity contribution < 1.29 is 14.0 Å². The van der Waals surface area contributed by atoms with Gasteiger partial charge in [0.2, 0.25) is 0 Å². The van der Waals surface area contributed by atoms with Crippen molar-refractivity contribution in [2.45, 2.75) is 33.2 Å². The Morgan fingerprint density at radius 1 is 1.40 bits per heavy atom. The second kappa shape index (κ2) is 7.38. The largest absolute Gasteiger partial charge is 0.328 e. The molecule has 1 aromatic carbocycles. The minimum atomic E-state index is -0.591. The summed E-state index contributed by atoms with van der Waals surface area (Å²) in [7, 11) is 0. The number of amides is 2. The molecular formula is C14H18BrFN2O2. The molecule has 0 saturated heterocycles. The molecule has 2 atom stereocenters. The van der Waals surface area contributed by atoms with Crippen LogP contribution in [0.3, 0.4) is 0 Å². The first-order chi connectivity index (χ1) is 9.35. The van der Waals surface area contributed by atoms with Gasteiger partial charge in [0.15, 0.2) is 5.78 Å². The van der Waals surface area contributed by atoms with Gasteiger partial charge in [0.25, 0.3) is 0 Å². The molecule has 2 N–H and O–H groups in total. The molecule has 0 aliphatic rings. The Morgan fingerprint density at radius 3 is 2.55 bits per heavy atom. The predicted octanol–water partition coefficient (Wildman–Crippen LogP) is 3.71. The minimum absolute atomic E-state index is 0.0213. The van der Waals surface area contributed by atoms with Gasteiger partial charge in [0.1, 0.15) is 5.82 Å². The van der Waals surface area contributed by atoms with Gasteiger partial charge in [-0.3, -0.25) is 4.79 Å². The summed E-state index contributed by atoms with van der Waals surface area (Å²) in [5.41, 5.74) is 0.0668. The Morgan fingerprint density at radius 2 is 2.05 bits per heavy atom. The first kappa shape index (κ1) is 16.6. The maximum Gasteiger partial charge on any atom is 0.319 e. The van der Waals surface area contributed by atoms with E-state index in [1.54, 1.807) is 6.07 Å². The fourth-order valence-corrected chi connectivity index (χ4v) is 2.10. The van der Waals surface area contributed by atoms with Crippen LogP contribution in [0.25, 0.3) is 0 Å². The van der Waals surface area contributed by atoms with Crippen molar-refractivity contribution in [2.24, 2.45) is 5.92 Å². The molecule has 6 heteroatoms. The van der Waals surface area contributed by atoms with E-state index < -0.39 is 17.9 Å². The number of halogens is 2. The van der Waals surface area contributed by atoms with Crippen LogP contribution in [0.15, 0.2) is 22.7 Å². The Labute approximate surface area is 126 Å². The number of rotatable bonds is 5. The van der Waals surface area contributed by atoms with Crippen molar-refractivity contribution in [3.8, 4) is 0 Å². The average molecular weight is 345 g/mol. The zero-order valence-electron chi connectivity index (χ0n) is 11.7. The van der Waals surface area contributed by atoms with E-state index in [1.807, 2.05) is 13.8 Å². The maximum absolute atomic E-state index is 13.6. The SMILES string of the molecule is CC[C@H](C)[C@H](NC(=O)Nc1ccc(Br)cc1F)C(C)=O. The third-order valence-corrected chi connectivity index (χ3v) is 3.61. The van der Waals surface area contributed by atoms with Gasteiger partial charge in [-0.25, -0.2) is 9.18 Å². The van der Waals surface area contributed by atoms with Gasteiger partial charge in [-0.1, -0.05) is 36.2 Å². The lowest BCUT2D eigenvalue weighted by Crippen LogP contribution is -2.46. The van der Waals surface area contributed by atoms with Crippen LogP contribution >= 0.6 is 15.9 Å². The number of anilines is 1. The maximum atomic E-state index is 13.6. The zero-order valence-corrected chi connectivity index (χ0v) is 13.3. The molecule has 4 nitrogen and oxygen atoms in total. The summed E-state index contributed by atoms with van der Waals surface area (Å²) in [5, 5.41) is 4.98. The summed E-state index contributed by atoms with van der Waals surface area (Å²) in [4.78, 5) is 23.4. The number of carbonyl (C=O) groups excluding carboxylic acids is 2. The van der Waals surface area contributed by atoms with E-state index in [4.69, 9.17) is 0 Å². The molecule has 0 bridgehead atoms. The molecule has 0 heterocycles. The quantitative estimate of drug-likeness (QED) is 0.855. The molecule has 0 aliphatic carbocycles. The highest BCUT2D eigenvalue weighted by Gasteiger charge is 2.22. The second-order valence-electron chi connectivity index (χ2n) is 4.70. The molecule has 1 aromatic rings. The zero-order chi connectivity index (χ0) is 15.3. The van der Waals surface area contributed by atoms with Crippen LogP contribution in [0.5, 0.6) is 0 Å². The van der Waals surface area contributed by atoms with Gasteiger partial charge in [0.05, 0.1) is 11.7 Å². The lowest BCUT2D eigenvalue weighted by atomic mass is 9.96. The fourth-order valence-electron chi connectivity index (χ4n) is 1.77. The summed E-state index contributed by atoms with van der Waals surface area (Å²) < 4.78 is 14.2. The molecule has 0 spiro atoms. The van der Waals surface area contributed by atoms with Crippen molar-refractivity contribution in [2.75, 3.05) is 5.32 Å². The van der Waals surface area contributed by atoms with Gasteiger partial charge in [0, 0.05) is 4.47 Å². The molecule has 110 valence electrons. The van der Waals surface area contributed by atoms with Gasteiger partial charge >= 0.3 is 6.03 Å². The van der Waals surface area contributed by atoms with Gasteiger partial charge < -0.3 is 10.6 Å². The van der Waals surface area contributed by atoms with E-state index in [0.29, 0.717) is 4.47 Å². The van der Waals surface area contributed by atoms with Crippen LogP contribution in [0.2, 0.25) is 0 Å².